The smallest absolute Gasteiger partial charge is 0.180 e. The highest BCUT2D eigenvalue weighted by molar-refractivity contribution is 5.77. The molecule has 0 atom stereocenters. The predicted octanol–water partition coefficient (Wildman–Crippen LogP) is 7.21. The first-order chi connectivity index (χ1) is 25.5. The highest BCUT2D eigenvalue weighted by Gasteiger charge is 2.39. The second-order valence-corrected chi connectivity index (χ2v) is 12.2. The highest BCUT2D eigenvalue weighted by Crippen LogP contribution is 2.40. The van der Waals surface area contributed by atoms with E-state index >= 15 is 0 Å². The molecule has 0 N–H and O–H groups in total. The van der Waals surface area contributed by atoms with E-state index in [0.717, 1.165) is 27.9 Å². The van der Waals surface area contributed by atoms with Gasteiger partial charge in [-0.2, -0.15) is 10.2 Å². The van der Waals surface area contributed by atoms with Gasteiger partial charge < -0.3 is 14.4 Å². The highest BCUT2D eigenvalue weighted by atomic mass is 16.5. The molecular formula is C41H35N9O2. The zero-order chi connectivity index (χ0) is 35.5. The van der Waals surface area contributed by atoms with Crippen LogP contribution >= 0.6 is 0 Å². The van der Waals surface area contributed by atoms with Crippen molar-refractivity contribution in [1.82, 2.24) is 39.5 Å². The molecule has 0 radical (unpaired) electrons. The maximum atomic E-state index is 5.67. The molecule has 0 amide bonds. The molecule has 52 heavy (non-hydrogen) atoms. The third-order valence-electron chi connectivity index (χ3n) is 9.07. The lowest BCUT2D eigenvalue weighted by Crippen LogP contribution is -2.38. The average molecular weight is 686 g/mol. The van der Waals surface area contributed by atoms with Crippen LogP contribution in [0.1, 0.15) is 22.5 Å². The summed E-state index contributed by atoms with van der Waals surface area (Å²) < 4.78 is 15.0. The molecule has 0 aliphatic carbocycles. The number of rotatable bonds is 11. The van der Waals surface area contributed by atoms with Crippen molar-refractivity contribution in [1.29, 1.82) is 0 Å². The second-order valence-electron chi connectivity index (χ2n) is 12.2. The van der Waals surface area contributed by atoms with Gasteiger partial charge in [0.25, 0.3) is 0 Å². The zero-order valence-corrected chi connectivity index (χ0v) is 28.9. The number of ether oxygens (including phenoxy) is 2. The van der Waals surface area contributed by atoms with E-state index < -0.39 is 5.54 Å². The van der Waals surface area contributed by atoms with E-state index in [-0.39, 0.29) is 6.54 Å². The van der Waals surface area contributed by atoms with E-state index in [1.54, 1.807) is 31.3 Å². The Balaban J connectivity index is 1.27. The topological polar surface area (TPSA) is 109 Å². The molecule has 4 heterocycles. The van der Waals surface area contributed by atoms with Crippen LogP contribution in [-0.2, 0) is 19.1 Å². The fourth-order valence-electron chi connectivity index (χ4n) is 6.59. The molecule has 0 bridgehead atoms. The number of benzene rings is 4. The molecule has 0 unspecified atom stereocenters. The summed E-state index contributed by atoms with van der Waals surface area (Å²) in [5, 5.41) is 9.54. The monoisotopic (exact) mass is 685 g/mol. The lowest BCUT2D eigenvalue weighted by Gasteiger charge is -2.36. The van der Waals surface area contributed by atoms with Gasteiger partial charge in [0.1, 0.15) is 34.7 Å². The molecule has 0 aliphatic heterocycles. The first kappa shape index (κ1) is 32.3. The fraction of sp³-hybridized carbons (Fsp3) is 0.122. The van der Waals surface area contributed by atoms with Crippen molar-refractivity contribution in [3.8, 4) is 22.8 Å². The molecule has 0 saturated heterocycles. The molecule has 0 spiro atoms. The van der Waals surface area contributed by atoms with Crippen molar-refractivity contribution in [2.24, 2.45) is 7.05 Å². The molecule has 8 aromatic rings. The number of pyridine rings is 1. The maximum Gasteiger partial charge on any atom is 0.180 e. The normalized spacial score (nSPS) is 11.4. The van der Waals surface area contributed by atoms with E-state index in [0.29, 0.717) is 40.0 Å². The van der Waals surface area contributed by atoms with E-state index in [2.05, 4.69) is 82.9 Å². The van der Waals surface area contributed by atoms with Gasteiger partial charge in [-0.25, -0.2) is 19.6 Å². The number of hydrogen-bond acceptors (Lipinski definition) is 9. The van der Waals surface area contributed by atoms with Crippen molar-refractivity contribution in [2.45, 2.75) is 12.1 Å². The minimum absolute atomic E-state index is 0.270. The zero-order valence-electron chi connectivity index (χ0n) is 28.9. The summed E-state index contributed by atoms with van der Waals surface area (Å²) in [6.45, 7) is 0.270. The number of aryl methyl sites for hydroxylation is 1. The predicted molar refractivity (Wildman–Crippen MR) is 200 cm³/mol. The number of fused-ring (bicyclic) bond motifs is 1. The molecule has 0 saturated carbocycles. The first-order valence-electron chi connectivity index (χ1n) is 16.8. The summed E-state index contributed by atoms with van der Waals surface area (Å²) in [5.74, 6) is 2.46. The Morgan fingerprint density at radius 2 is 1.31 bits per heavy atom. The molecule has 4 aromatic heterocycles. The van der Waals surface area contributed by atoms with Crippen LogP contribution in [0.4, 0.5) is 11.5 Å². The van der Waals surface area contributed by atoms with E-state index in [4.69, 9.17) is 29.5 Å². The quantitative estimate of drug-likeness (QED) is 0.131. The first-order valence-corrected chi connectivity index (χ1v) is 16.8. The molecule has 0 fully saturated rings. The van der Waals surface area contributed by atoms with Crippen LogP contribution in [0.15, 0.2) is 146 Å². The van der Waals surface area contributed by atoms with Gasteiger partial charge in [-0.1, -0.05) is 91.0 Å². The standard InChI is InChI=1S/C41H35N9O2/c1-48-26-29(24-44-48)37-25-42-36-19-20-39(46-40(36)45-37)49(33-21-34(51-2)23-35(22-33)52-3)27-38-43-28-50(47-38)41(30-13-7-4-8-14-30,31-15-9-5-10-16-31)32-17-11-6-12-18-32/h4-26,28H,27H2,1-3H3. The summed E-state index contributed by atoms with van der Waals surface area (Å²) in [6.07, 6.45) is 7.21. The fourth-order valence-corrected chi connectivity index (χ4v) is 6.59. The number of hydrogen-bond donors (Lipinski definition) is 0. The van der Waals surface area contributed by atoms with Crippen LogP contribution in [0, 0.1) is 0 Å². The van der Waals surface area contributed by atoms with Gasteiger partial charge in [-0.15, -0.1) is 0 Å². The summed E-state index contributed by atoms with van der Waals surface area (Å²) in [5.41, 5.74) is 5.82. The van der Waals surface area contributed by atoms with Crippen LogP contribution in [0.3, 0.4) is 0 Å². The summed E-state index contributed by atoms with van der Waals surface area (Å²) in [7, 11) is 5.13. The maximum absolute atomic E-state index is 5.67. The molecule has 0 aliphatic rings. The van der Waals surface area contributed by atoms with Crippen molar-refractivity contribution >= 4 is 22.7 Å². The number of anilines is 2. The van der Waals surface area contributed by atoms with Gasteiger partial charge in [-0.3, -0.25) is 9.67 Å². The number of methoxy groups -OCH3 is 2. The Morgan fingerprint density at radius 1 is 0.692 bits per heavy atom. The molecule has 8 rings (SSSR count). The van der Waals surface area contributed by atoms with E-state index in [1.807, 2.05) is 77.7 Å². The SMILES string of the molecule is COc1cc(OC)cc(N(Cc2ncn(C(c3ccccc3)(c3ccccc3)c3ccccc3)n2)c2ccc3ncc(-c4cnn(C)c4)nc3n2)c1. The average Bonchev–Trinajstić information content (AvgIpc) is 3.87. The number of aromatic nitrogens is 8. The van der Waals surface area contributed by atoms with Crippen LogP contribution < -0.4 is 14.4 Å². The van der Waals surface area contributed by atoms with Crippen LogP contribution in [0.2, 0.25) is 0 Å². The third kappa shape index (κ3) is 5.98. The van der Waals surface area contributed by atoms with Crippen LogP contribution in [0.25, 0.3) is 22.4 Å². The molecular weight excluding hydrogens is 651 g/mol. The van der Waals surface area contributed by atoms with Gasteiger partial charge in [0.15, 0.2) is 11.5 Å². The van der Waals surface area contributed by atoms with Crippen molar-refractivity contribution < 1.29 is 9.47 Å². The van der Waals surface area contributed by atoms with Gasteiger partial charge >= 0.3 is 0 Å². The summed E-state index contributed by atoms with van der Waals surface area (Å²) >= 11 is 0. The minimum atomic E-state index is -0.807. The van der Waals surface area contributed by atoms with E-state index in [9.17, 15) is 0 Å². The molecule has 11 nitrogen and oxygen atoms in total. The van der Waals surface area contributed by atoms with Crippen molar-refractivity contribution in [3.63, 3.8) is 0 Å². The van der Waals surface area contributed by atoms with Gasteiger partial charge in [0, 0.05) is 37.0 Å². The Morgan fingerprint density at radius 3 is 1.87 bits per heavy atom. The summed E-state index contributed by atoms with van der Waals surface area (Å²) in [6, 6.07) is 40.8. The van der Waals surface area contributed by atoms with Gasteiger partial charge in [0.05, 0.1) is 44.5 Å². The third-order valence-corrected chi connectivity index (χ3v) is 9.07. The van der Waals surface area contributed by atoms with Crippen LogP contribution in [-0.4, -0.2) is 53.7 Å². The van der Waals surface area contributed by atoms with Gasteiger partial charge in [0.2, 0.25) is 0 Å². The molecule has 256 valence electrons. The van der Waals surface area contributed by atoms with Crippen molar-refractivity contribution in [3.05, 3.63) is 169 Å². The Hall–Kier alpha value is -6.88. The molecule has 4 aromatic carbocycles. The Bertz CT molecular complexity index is 2330. The Labute approximate surface area is 300 Å². The lowest BCUT2D eigenvalue weighted by atomic mass is 9.77. The van der Waals surface area contributed by atoms with Crippen LogP contribution in [0.5, 0.6) is 11.5 Å². The minimum Gasteiger partial charge on any atom is -0.497 e. The summed E-state index contributed by atoms with van der Waals surface area (Å²) in [4.78, 5) is 21.5. The lowest BCUT2D eigenvalue weighted by molar-refractivity contribution is 0.394. The largest absolute Gasteiger partial charge is 0.497 e. The number of nitrogens with zero attached hydrogens (tertiary/aromatic N) is 9. The second kappa shape index (κ2) is 13.8. The molecule has 11 heteroatoms. The Kier molecular flexibility index (Phi) is 8.58. The van der Waals surface area contributed by atoms with E-state index in [1.165, 1.54) is 0 Å². The van der Waals surface area contributed by atoms with Gasteiger partial charge in [-0.05, 0) is 28.8 Å². The van der Waals surface area contributed by atoms with Crippen molar-refractivity contribution in [2.75, 3.05) is 19.1 Å².